The van der Waals surface area contributed by atoms with E-state index in [1.54, 1.807) is 24.3 Å². The fourth-order valence-corrected chi connectivity index (χ4v) is 3.81. The van der Waals surface area contributed by atoms with Crippen molar-refractivity contribution in [3.63, 3.8) is 0 Å². The summed E-state index contributed by atoms with van der Waals surface area (Å²) in [6.45, 7) is 0.308. The number of nitrogens with one attached hydrogen (secondary N) is 3. The lowest BCUT2D eigenvalue weighted by molar-refractivity contribution is -0.117. The second kappa shape index (κ2) is 9.67. The first-order chi connectivity index (χ1) is 13.9. The number of amides is 2. The van der Waals surface area contributed by atoms with Crippen LogP contribution < -0.4 is 15.4 Å². The maximum atomic E-state index is 12.2. The van der Waals surface area contributed by atoms with Crippen LogP contribution in [0.3, 0.4) is 0 Å². The maximum absolute atomic E-state index is 12.2. The largest absolute Gasteiger partial charge is 0.351 e. The molecule has 1 aliphatic carbocycles. The van der Waals surface area contributed by atoms with Crippen LogP contribution in [0, 0.1) is 5.92 Å². The molecule has 3 N–H and O–H groups in total. The van der Waals surface area contributed by atoms with Crippen LogP contribution in [0.15, 0.2) is 54.6 Å². The van der Waals surface area contributed by atoms with Crippen molar-refractivity contribution >= 4 is 27.5 Å². The van der Waals surface area contributed by atoms with E-state index in [1.165, 1.54) is 0 Å². The van der Waals surface area contributed by atoms with Gasteiger partial charge in [-0.1, -0.05) is 30.3 Å². The SMILES string of the molecule is O=C(NCCNS(=O)(=O)CCc1ccccc1)c1ccc(NC(=O)C2CC2)cc1. The van der Waals surface area contributed by atoms with Gasteiger partial charge in [0.2, 0.25) is 15.9 Å². The maximum Gasteiger partial charge on any atom is 0.251 e. The van der Waals surface area contributed by atoms with Crippen LogP contribution in [-0.4, -0.2) is 39.1 Å². The summed E-state index contributed by atoms with van der Waals surface area (Å²) in [7, 11) is -3.40. The Morgan fingerprint density at radius 1 is 0.931 bits per heavy atom. The van der Waals surface area contributed by atoms with Crippen molar-refractivity contribution in [1.82, 2.24) is 10.0 Å². The molecule has 2 aromatic rings. The number of aryl methyl sites for hydroxylation is 1. The number of carbonyl (C=O) groups excluding carboxylic acids is 2. The van der Waals surface area contributed by atoms with E-state index in [9.17, 15) is 18.0 Å². The van der Waals surface area contributed by atoms with Gasteiger partial charge in [-0.2, -0.15) is 0 Å². The molecule has 154 valence electrons. The normalized spacial score (nSPS) is 13.7. The smallest absolute Gasteiger partial charge is 0.251 e. The van der Waals surface area contributed by atoms with Crippen molar-refractivity contribution in [2.24, 2.45) is 5.92 Å². The minimum atomic E-state index is -3.40. The third-order valence-corrected chi connectivity index (χ3v) is 5.98. The molecule has 0 unspecified atom stereocenters. The first kappa shape index (κ1) is 21.0. The molecule has 1 fully saturated rings. The van der Waals surface area contributed by atoms with Crippen LogP contribution in [0.1, 0.15) is 28.8 Å². The molecule has 8 heteroatoms. The van der Waals surface area contributed by atoms with E-state index in [0.717, 1.165) is 18.4 Å². The Hall–Kier alpha value is -2.71. The van der Waals surface area contributed by atoms with Crippen molar-refractivity contribution in [3.05, 3.63) is 65.7 Å². The van der Waals surface area contributed by atoms with Crippen LogP contribution in [0.5, 0.6) is 0 Å². The third kappa shape index (κ3) is 6.99. The Bertz CT molecular complexity index is 940. The summed E-state index contributed by atoms with van der Waals surface area (Å²) >= 11 is 0. The lowest BCUT2D eigenvalue weighted by atomic mass is 10.2. The molecular weight excluding hydrogens is 390 g/mol. The average Bonchev–Trinajstić information content (AvgIpc) is 3.56. The first-order valence-corrected chi connectivity index (χ1v) is 11.3. The van der Waals surface area contributed by atoms with Crippen LogP contribution >= 0.6 is 0 Å². The zero-order valence-electron chi connectivity index (χ0n) is 16.1. The number of rotatable bonds is 10. The van der Waals surface area contributed by atoms with Gasteiger partial charge in [0.15, 0.2) is 0 Å². The highest BCUT2D eigenvalue weighted by Gasteiger charge is 2.29. The summed E-state index contributed by atoms with van der Waals surface area (Å²) in [5, 5.41) is 5.50. The van der Waals surface area contributed by atoms with Gasteiger partial charge in [0.25, 0.3) is 5.91 Å². The molecule has 2 aromatic carbocycles. The van der Waals surface area contributed by atoms with E-state index in [0.29, 0.717) is 17.7 Å². The summed E-state index contributed by atoms with van der Waals surface area (Å²) in [5.41, 5.74) is 2.06. The Kier molecular flexibility index (Phi) is 7.00. The van der Waals surface area contributed by atoms with Crippen molar-refractivity contribution in [1.29, 1.82) is 0 Å². The van der Waals surface area contributed by atoms with Crippen molar-refractivity contribution in [2.45, 2.75) is 19.3 Å². The van der Waals surface area contributed by atoms with Crippen LogP contribution in [-0.2, 0) is 21.2 Å². The molecule has 1 aliphatic rings. The number of benzene rings is 2. The molecule has 0 saturated heterocycles. The Morgan fingerprint density at radius 3 is 2.28 bits per heavy atom. The predicted molar refractivity (Wildman–Crippen MR) is 112 cm³/mol. The Labute approximate surface area is 171 Å². The van der Waals surface area contributed by atoms with E-state index < -0.39 is 10.0 Å². The molecule has 0 aromatic heterocycles. The third-order valence-electron chi connectivity index (χ3n) is 4.60. The van der Waals surface area contributed by atoms with Crippen LogP contribution in [0.4, 0.5) is 5.69 Å². The monoisotopic (exact) mass is 415 g/mol. The zero-order chi connectivity index (χ0) is 20.7. The molecule has 0 atom stereocenters. The van der Waals surface area contributed by atoms with E-state index in [4.69, 9.17) is 0 Å². The van der Waals surface area contributed by atoms with Gasteiger partial charge >= 0.3 is 0 Å². The zero-order valence-corrected chi connectivity index (χ0v) is 16.9. The molecule has 0 aliphatic heterocycles. The number of hydrogen-bond acceptors (Lipinski definition) is 4. The Balaban J connectivity index is 1.37. The molecule has 1 saturated carbocycles. The van der Waals surface area contributed by atoms with Gasteiger partial charge in [-0.3, -0.25) is 9.59 Å². The van der Waals surface area contributed by atoms with E-state index >= 15 is 0 Å². The van der Waals surface area contributed by atoms with Crippen LogP contribution in [0.2, 0.25) is 0 Å². The molecule has 0 heterocycles. The lowest BCUT2D eigenvalue weighted by Crippen LogP contribution is -2.36. The number of hydrogen-bond donors (Lipinski definition) is 3. The standard InChI is InChI=1S/C21H25N3O4S/c25-20(17-8-10-19(11-9-17)24-21(26)18-6-7-18)22-13-14-23-29(27,28)15-12-16-4-2-1-3-5-16/h1-5,8-11,18,23H,6-7,12-15H2,(H,22,25)(H,24,26). The van der Waals surface area contributed by atoms with Crippen molar-refractivity contribution in [3.8, 4) is 0 Å². The average molecular weight is 416 g/mol. The van der Waals surface area contributed by atoms with Gasteiger partial charge < -0.3 is 10.6 Å². The van der Waals surface area contributed by atoms with E-state index in [-0.39, 0.29) is 36.6 Å². The summed E-state index contributed by atoms with van der Waals surface area (Å²) in [4.78, 5) is 23.9. The molecule has 29 heavy (non-hydrogen) atoms. The molecule has 0 radical (unpaired) electrons. The van der Waals surface area contributed by atoms with Crippen LogP contribution in [0.25, 0.3) is 0 Å². The topological polar surface area (TPSA) is 104 Å². The first-order valence-electron chi connectivity index (χ1n) is 9.63. The lowest BCUT2D eigenvalue weighted by Gasteiger charge is -2.09. The molecule has 0 bridgehead atoms. The number of anilines is 1. The van der Waals surface area contributed by atoms with Crippen molar-refractivity contribution in [2.75, 3.05) is 24.2 Å². The van der Waals surface area contributed by atoms with Gasteiger partial charge in [0.05, 0.1) is 5.75 Å². The second-order valence-electron chi connectivity index (χ2n) is 7.05. The van der Waals surface area contributed by atoms with Crippen molar-refractivity contribution < 1.29 is 18.0 Å². The molecule has 2 amide bonds. The Morgan fingerprint density at radius 2 is 1.62 bits per heavy atom. The fourth-order valence-electron chi connectivity index (χ4n) is 2.75. The summed E-state index contributed by atoms with van der Waals surface area (Å²) in [6, 6.07) is 16.0. The molecule has 3 rings (SSSR count). The number of sulfonamides is 1. The fraction of sp³-hybridized carbons (Fsp3) is 0.333. The predicted octanol–water partition coefficient (Wildman–Crippen LogP) is 1.93. The minimum absolute atomic E-state index is 0.000993. The van der Waals surface area contributed by atoms with Gasteiger partial charge in [-0.25, -0.2) is 13.1 Å². The summed E-state index contributed by atoms with van der Waals surface area (Å²) in [5.74, 6) is -0.163. The highest BCUT2D eigenvalue weighted by molar-refractivity contribution is 7.89. The molecular formula is C21H25N3O4S. The number of carbonyl (C=O) groups is 2. The summed E-state index contributed by atoms with van der Waals surface area (Å²) < 4.78 is 26.6. The van der Waals surface area contributed by atoms with Gasteiger partial charge in [-0.15, -0.1) is 0 Å². The second-order valence-corrected chi connectivity index (χ2v) is 8.97. The minimum Gasteiger partial charge on any atom is -0.351 e. The van der Waals surface area contributed by atoms with Gasteiger partial charge in [0, 0.05) is 30.3 Å². The highest BCUT2D eigenvalue weighted by atomic mass is 32.2. The molecule has 0 spiro atoms. The van der Waals surface area contributed by atoms with E-state index in [2.05, 4.69) is 15.4 Å². The van der Waals surface area contributed by atoms with E-state index in [1.807, 2.05) is 30.3 Å². The quantitative estimate of drug-likeness (QED) is 0.516. The summed E-state index contributed by atoms with van der Waals surface area (Å²) in [6.07, 6.45) is 2.30. The highest BCUT2D eigenvalue weighted by Crippen LogP contribution is 2.30. The van der Waals surface area contributed by atoms with Gasteiger partial charge in [-0.05, 0) is 49.1 Å². The van der Waals surface area contributed by atoms with Gasteiger partial charge in [0.1, 0.15) is 0 Å². The molecule has 7 nitrogen and oxygen atoms in total.